The third kappa shape index (κ3) is 4.27. The molecule has 1 aromatic heterocycles. The average Bonchev–Trinajstić information content (AvgIpc) is 3.24. The van der Waals surface area contributed by atoms with Crippen LogP contribution < -0.4 is 10.2 Å². The van der Waals surface area contributed by atoms with Crippen LogP contribution >= 0.6 is 0 Å². The van der Waals surface area contributed by atoms with Crippen molar-refractivity contribution in [3.05, 3.63) is 51.3 Å². The third-order valence-electron chi connectivity index (χ3n) is 4.81. The summed E-state index contributed by atoms with van der Waals surface area (Å²) in [6, 6.07) is 6.54. The van der Waals surface area contributed by atoms with E-state index in [1.54, 1.807) is 12.1 Å². The molecule has 0 saturated carbocycles. The Balaban J connectivity index is 1.73. The zero-order valence-corrected chi connectivity index (χ0v) is 15.9. The first-order chi connectivity index (χ1) is 12.8. The molecule has 1 fully saturated rings. The number of nitro groups is 1. The molecule has 0 aliphatic carbocycles. The number of hydrogen-bond acceptors (Lipinski definition) is 5. The largest absolute Gasteiger partial charge is 0.366 e. The quantitative estimate of drug-likeness (QED) is 0.622. The monoisotopic (exact) mass is 371 g/mol. The summed E-state index contributed by atoms with van der Waals surface area (Å²) < 4.78 is 1.85. The summed E-state index contributed by atoms with van der Waals surface area (Å²) in [5.74, 6) is -0.319. The molecule has 1 aromatic carbocycles. The maximum Gasteiger partial charge on any atom is 0.293 e. The van der Waals surface area contributed by atoms with E-state index in [4.69, 9.17) is 0 Å². The molecule has 1 amide bonds. The van der Waals surface area contributed by atoms with Crippen LogP contribution in [0.25, 0.3) is 0 Å². The number of aryl methyl sites for hydroxylation is 2. The molecule has 8 heteroatoms. The van der Waals surface area contributed by atoms with E-state index < -0.39 is 4.92 Å². The summed E-state index contributed by atoms with van der Waals surface area (Å²) in [6.45, 7) is 7.95. The second-order valence-electron chi connectivity index (χ2n) is 7.14. The molecule has 3 rings (SSSR count). The summed E-state index contributed by atoms with van der Waals surface area (Å²) in [5, 5.41) is 18.8. The Kier molecular flexibility index (Phi) is 5.43. The van der Waals surface area contributed by atoms with Crippen molar-refractivity contribution in [3.63, 3.8) is 0 Å². The number of nitrogens with one attached hydrogen (secondary N) is 1. The molecule has 0 bridgehead atoms. The number of aromatic nitrogens is 2. The number of benzene rings is 1. The summed E-state index contributed by atoms with van der Waals surface area (Å²) in [7, 11) is 0. The number of carbonyl (C=O) groups is 1. The molecule has 1 saturated heterocycles. The molecule has 2 aromatic rings. The molecule has 0 spiro atoms. The van der Waals surface area contributed by atoms with Crippen molar-refractivity contribution in [3.8, 4) is 0 Å². The van der Waals surface area contributed by atoms with Crippen molar-refractivity contribution in [2.75, 3.05) is 18.0 Å². The second kappa shape index (κ2) is 7.77. The highest BCUT2D eigenvalue weighted by Crippen LogP contribution is 2.31. The number of nitro benzene ring substituents is 1. The predicted octanol–water partition coefficient (Wildman–Crippen LogP) is 2.83. The lowest BCUT2D eigenvalue weighted by Gasteiger charge is -2.18. The molecule has 0 radical (unpaired) electrons. The van der Waals surface area contributed by atoms with Crippen LogP contribution in [0.1, 0.15) is 41.5 Å². The van der Waals surface area contributed by atoms with Crippen LogP contribution in [0.3, 0.4) is 0 Å². The Morgan fingerprint density at radius 3 is 2.59 bits per heavy atom. The second-order valence-corrected chi connectivity index (χ2v) is 7.14. The minimum atomic E-state index is -0.413. The Morgan fingerprint density at radius 2 is 2.00 bits per heavy atom. The van der Waals surface area contributed by atoms with Crippen molar-refractivity contribution in [2.45, 2.75) is 46.2 Å². The number of carbonyl (C=O) groups excluding carboxylic acids is 1. The lowest BCUT2D eigenvalue weighted by Crippen LogP contribution is -2.36. The molecule has 1 aliphatic heterocycles. The van der Waals surface area contributed by atoms with E-state index in [9.17, 15) is 14.9 Å². The average molecular weight is 371 g/mol. The molecular weight excluding hydrogens is 346 g/mol. The Labute approximate surface area is 158 Å². The topological polar surface area (TPSA) is 93.3 Å². The number of rotatable bonds is 6. The molecule has 144 valence electrons. The van der Waals surface area contributed by atoms with E-state index in [0.717, 1.165) is 37.3 Å². The molecule has 1 N–H and O–H groups in total. The Bertz CT molecular complexity index is 855. The van der Waals surface area contributed by atoms with Crippen LogP contribution in [-0.2, 0) is 6.54 Å². The van der Waals surface area contributed by atoms with Crippen LogP contribution in [0.5, 0.6) is 0 Å². The summed E-state index contributed by atoms with van der Waals surface area (Å²) >= 11 is 0. The molecular formula is C19H25N5O3. The Hall–Kier alpha value is -2.90. The van der Waals surface area contributed by atoms with Crippen LogP contribution in [0, 0.1) is 24.0 Å². The van der Waals surface area contributed by atoms with Gasteiger partial charge >= 0.3 is 0 Å². The molecule has 1 aliphatic rings. The van der Waals surface area contributed by atoms with Gasteiger partial charge < -0.3 is 10.2 Å². The minimum Gasteiger partial charge on any atom is -0.366 e. The van der Waals surface area contributed by atoms with E-state index in [0.29, 0.717) is 17.8 Å². The molecule has 8 nitrogen and oxygen atoms in total. The van der Waals surface area contributed by atoms with Gasteiger partial charge in [-0.05, 0) is 51.8 Å². The smallest absolute Gasteiger partial charge is 0.293 e. The number of anilines is 1. The first kappa shape index (κ1) is 18.9. The van der Waals surface area contributed by atoms with Crippen LogP contribution in [0.4, 0.5) is 11.4 Å². The number of nitrogens with zero attached hydrogens (tertiary/aromatic N) is 4. The van der Waals surface area contributed by atoms with E-state index >= 15 is 0 Å². The fourth-order valence-corrected chi connectivity index (χ4v) is 3.51. The first-order valence-electron chi connectivity index (χ1n) is 9.20. The van der Waals surface area contributed by atoms with E-state index in [1.165, 1.54) is 6.07 Å². The zero-order valence-electron chi connectivity index (χ0n) is 15.9. The number of hydrogen-bond donors (Lipinski definition) is 1. The van der Waals surface area contributed by atoms with Gasteiger partial charge in [0.2, 0.25) is 0 Å². The van der Waals surface area contributed by atoms with Gasteiger partial charge in [-0.15, -0.1) is 0 Å². The fourth-order valence-electron chi connectivity index (χ4n) is 3.51. The minimum absolute atomic E-state index is 0.0178. The Morgan fingerprint density at radius 1 is 1.30 bits per heavy atom. The van der Waals surface area contributed by atoms with Gasteiger partial charge in [-0.25, -0.2) is 0 Å². The maximum atomic E-state index is 12.6. The highest BCUT2D eigenvalue weighted by molar-refractivity contribution is 5.96. The van der Waals surface area contributed by atoms with Crippen molar-refractivity contribution in [1.82, 2.24) is 15.1 Å². The number of amides is 1. The van der Waals surface area contributed by atoms with Crippen molar-refractivity contribution in [1.29, 1.82) is 0 Å². The normalized spacial score (nSPS) is 15.0. The maximum absolute atomic E-state index is 12.6. The van der Waals surface area contributed by atoms with Gasteiger partial charge in [0.1, 0.15) is 5.69 Å². The van der Waals surface area contributed by atoms with Gasteiger partial charge in [0.05, 0.1) is 17.2 Å². The van der Waals surface area contributed by atoms with Crippen molar-refractivity contribution < 1.29 is 9.72 Å². The molecule has 1 atom stereocenters. The molecule has 0 unspecified atom stereocenters. The predicted molar refractivity (Wildman–Crippen MR) is 103 cm³/mol. The van der Waals surface area contributed by atoms with Gasteiger partial charge in [0.15, 0.2) is 0 Å². The zero-order chi connectivity index (χ0) is 19.6. The van der Waals surface area contributed by atoms with Gasteiger partial charge in [-0.3, -0.25) is 19.6 Å². The van der Waals surface area contributed by atoms with Gasteiger partial charge in [-0.2, -0.15) is 5.10 Å². The van der Waals surface area contributed by atoms with Gasteiger partial charge in [0.25, 0.3) is 11.6 Å². The van der Waals surface area contributed by atoms with E-state index in [2.05, 4.69) is 10.4 Å². The highest BCUT2D eigenvalue weighted by atomic mass is 16.6. The summed E-state index contributed by atoms with van der Waals surface area (Å²) in [6.07, 6.45) is 2.06. The molecule has 27 heavy (non-hydrogen) atoms. The van der Waals surface area contributed by atoms with Gasteiger partial charge in [0, 0.05) is 36.5 Å². The molecule has 2 heterocycles. The van der Waals surface area contributed by atoms with Crippen LogP contribution in [-0.4, -0.2) is 39.7 Å². The van der Waals surface area contributed by atoms with Gasteiger partial charge in [-0.1, -0.05) is 0 Å². The van der Waals surface area contributed by atoms with Crippen LogP contribution in [0.2, 0.25) is 0 Å². The lowest BCUT2D eigenvalue weighted by atomic mass is 10.1. The van der Waals surface area contributed by atoms with E-state index in [1.807, 2.05) is 36.4 Å². The summed E-state index contributed by atoms with van der Waals surface area (Å²) in [4.78, 5) is 25.7. The van der Waals surface area contributed by atoms with Crippen molar-refractivity contribution in [2.24, 2.45) is 0 Å². The SMILES string of the molecule is Cc1cc(C)n(C[C@H](C)NC(=O)c2ccc(N3CCCC3)c([N+](=O)[O-])c2)n1. The fraction of sp³-hybridized carbons (Fsp3) is 0.474. The lowest BCUT2D eigenvalue weighted by molar-refractivity contribution is -0.384. The standard InChI is InChI=1S/C19H25N5O3/c1-13-10-15(3)23(21-13)12-14(2)20-19(25)16-6-7-17(18(11-16)24(26)27)22-8-4-5-9-22/h6-7,10-11,14H,4-5,8-9,12H2,1-3H3,(H,20,25)/t14-/m0/s1. The van der Waals surface area contributed by atoms with E-state index in [-0.39, 0.29) is 17.6 Å². The van der Waals surface area contributed by atoms with Crippen molar-refractivity contribution >= 4 is 17.3 Å². The van der Waals surface area contributed by atoms with Crippen LogP contribution in [0.15, 0.2) is 24.3 Å². The third-order valence-corrected chi connectivity index (χ3v) is 4.81. The highest BCUT2D eigenvalue weighted by Gasteiger charge is 2.24. The summed E-state index contributed by atoms with van der Waals surface area (Å²) in [5.41, 5.74) is 2.82. The first-order valence-corrected chi connectivity index (χ1v) is 9.20.